The fourth-order valence-corrected chi connectivity index (χ4v) is 3.31. The zero-order chi connectivity index (χ0) is 14.0. The van der Waals surface area contributed by atoms with Gasteiger partial charge in [0.05, 0.1) is 0 Å². The molecule has 106 valence electrons. The van der Waals surface area contributed by atoms with Crippen LogP contribution in [0.25, 0.3) is 0 Å². The van der Waals surface area contributed by atoms with Crippen LogP contribution >= 0.6 is 15.9 Å². The van der Waals surface area contributed by atoms with Crippen molar-refractivity contribution in [2.45, 2.75) is 52.1 Å². The van der Waals surface area contributed by atoms with Crippen LogP contribution in [0.15, 0.2) is 22.7 Å². The van der Waals surface area contributed by atoms with Crippen molar-refractivity contribution >= 4 is 15.9 Å². The molecule has 0 amide bonds. The molecule has 2 unspecified atom stereocenters. The second-order valence-electron chi connectivity index (χ2n) is 6.53. The first-order valence-electron chi connectivity index (χ1n) is 7.07. The molecule has 2 rings (SSSR count). The molecule has 0 aliphatic heterocycles. The lowest BCUT2D eigenvalue weighted by Crippen LogP contribution is -2.42. The van der Waals surface area contributed by atoms with E-state index in [4.69, 9.17) is 0 Å². The number of hydrogen-bond donors (Lipinski definition) is 2. The molecule has 0 saturated carbocycles. The Bertz CT molecular complexity index is 439. The molecule has 0 radical (unpaired) electrons. The normalized spacial score (nSPS) is 20.4. The molecule has 0 spiro atoms. The number of benzene rings is 1. The third kappa shape index (κ3) is 3.59. The van der Waals surface area contributed by atoms with Crippen LogP contribution in [0.5, 0.6) is 0 Å². The molecule has 1 aromatic carbocycles. The Morgan fingerprint density at radius 2 is 2.16 bits per heavy atom. The number of aliphatic hydroxyl groups excluding tert-OH is 1. The first-order valence-corrected chi connectivity index (χ1v) is 7.86. The van der Waals surface area contributed by atoms with E-state index in [-0.39, 0.29) is 12.0 Å². The molecule has 2 atom stereocenters. The van der Waals surface area contributed by atoms with Crippen LogP contribution in [-0.4, -0.2) is 17.8 Å². The summed E-state index contributed by atoms with van der Waals surface area (Å²) in [6, 6.07) is 7.35. The summed E-state index contributed by atoms with van der Waals surface area (Å²) in [4.78, 5) is 0. The zero-order valence-electron chi connectivity index (χ0n) is 12.0. The van der Waals surface area contributed by atoms with Gasteiger partial charge >= 0.3 is 0 Å². The van der Waals surface area contributed by atoms with Crippen molar-refractivity contribution in [2.75, 3.05) is 6.61 Å². The van der Waals surface area contributed by atoms with Gasteiger partial charge in [0.1, 0.15) is 0 Å². The van der Waals surface area contributed by atoms with Gasteiger partial charge in [0.15, 0.2) is 0 Å². The van der Waals surface area contributed by atoms with E-state index in [1.807, 2.05) is 0 Å². The Morgan fingerprint density at radius 3 is 2.79 bits per heavy atom. The van der Waals surface area contributed by atoms with E-state index >= 15 is 0 Å². The van der Waals surface area contributed by atoms with Gasteiger partial charge in [-0.3, -0.25) is 0 Å². The molecule has 1 aliphatic carbocycles. The largest absolute Gasteiger partial charge is 0.396 e. The minimum absolute atomic E-state index is 0.168. The van der Waals surface area contributed by atoms with E-state index in [9.17, 15) is 5.11 Å². The highest BCUT2D eigenvalue weighted by Crippen LogP contribution is 2.35. The second kappa shape index (κ2) is 5.94. The summed E-state index contributed by atoms with van der Waals surface area (Å²) >= 11 is 3.54. The number of rotatable bonds is 4. The van der Waals surface area contributed by atoms with E-state index < -0.39 is 0 Å². The number of fused-ring (bicyclic) bond motifs is 1. The number of aliphatic hydroxyl groups is 1. The Labute approximate surface area is 124 Å². The highest BCUT2D eigenvalue weighted by atomic mass is 79.9. The molecule has 0 bridgehead atoms. The average molecular weight is 326 g/mol. The second-order valence-corrected chi connectivity index (χ2v) is 7.45. The lowest BCUT2D eigenvalue weighted by atomic mass is 9.84. The summed E-state index contributed by atoms with van der Waals surface area (Å²) in [7, 11) is 0. The van der Waals surface area contributed by atoms with Gasteiger partial charge in [-0.15, -0.1) is 0 Å². The smallest absolute Gasteiger partial charge is 0.0446 e. The number of hydrogen-bond acceptors (Lipinski definition) is 2. The molecule has 0 fully saturated rings. The minimum Gasteiger partial charge on any atom is -0.396 e. The van der Waals surface area contributed by atoms with Crippen LogP contribution in [0, 0.1) is 5.41 Å². The molecular formula is C16H24BrNO. The van der Waals surface area contributed by atoms with Crippen molar-refractivity contribution < 1.29 is 5.11 Å². The predicted octanol–water partition coefficient (Wildman–Crippen LogP) is 3.82. The first kappa shape index (κ1) is 15.0. The van der Waals surface area contributed by atoms with Gasteiger partial charge in [-0.1, -0.05) is 42.8 Å². The molecule has 3 heteroatoms. The van der Waals surface area contributed by atoms with Crippen LogP contribution in [-0.2, 0) is 6.42 Å². The van der Waals surface area contributed by atoms with Crippen LogP contribution in [0.4, 0.5) is 0 Å². The van der Waals surface area contributed by atoms with Crippen molar-refractivity contribution in [3.05, 3.63) is 33.8 Å². The zero-order valence-corrected chi connectivity index (χ0v) is 13.6. The molecule has 0 heterocycles. The molecule has 2 N–H and O–H groups in total. The van der Waals surface area contributed by atoms with E-state index in [2.05, 4.69) is 60.2 Å². The first-order chi connectivity index (χ1) is 8.91. The van der Waals surface area contributed by atoms with Crippen LogP contribution in [0.1, 0.15) is 50.8 Å². The SMILES string of the molecule is CC(C)(C)C(CCO)NC1CCc2cc(Br)ccc21. The van der Waals surface area contributed by atoms with Crippen LogP contribution in [0.2, 0.25) is 0 Å². The highest BCUT2D eigenvalue weighted by molar-refractivity contribution is 9.10. The minimum atomic E-state index is 0.168. The van der Waals surface area contributed by atoms with Crippen molar-refractivity contribution in [3.63, 3.8) is 0 Å². The monoisotopic (exact) mass is 325 g/mol. The molecule has 1 aromatic rings. The van der Waals surface area contributed by atoms with Crippen LogP contribution < -0.4 is 5.32 Å². The van der Waals surface area contributed by atoms with Crippen molar-refractivity contribution in [3.8, 4) is 0 Å². The number of nitrogens with one attached hydrogen (secondary N) is 1. The maximum absolute atomic E-state index is 9.26. The predicted molar refractivity (Wildman–Crippen MR) is 83.3 cm³/mol. The number of aryl methyl sites for hydroxylation is 1. The van der Waals surface area contributed by atoms with Gasteiger partial charge in [0.25, 0.3) is 0 Å². The Morgan fingerprint density at radius 1 is 1.42 bits per heavy atom. The average Bonchev–Trinajstić information content (AvgIpc) is 2.70. The maximum Gasteiger partial charge on any atom is 0.0446 e. The lowest BCUT2D eigenvalue weighted by Gasteiger charge is -2.34. The number of halogens is 1. The summed E-state index contributed by atoms with van der Waals surface area (Å²) in [5, 5.41) is 13.0. The standard InChI is InChI=1S/C16H24BrNO/c1-16(2,3)15(8-9-19)18-14-7-4-11-10-12(17)5-6-13(11)14/h5-6,10,14-15,18-19H,4,7-9H2,1-3H3. The molecule has 0 saturated heterocycles. The summed E-state index contributed by atoms with van der Waals surface area (Å²) in [6.07, 6.45) is 3.11. The molecular weight excluding hydrogens is 302 g/mol. The molecule has 1 aliphatic rings. The summed E-state index contributed by atoms with van der Waals surface area (Å²) in [5.41, 5.74) is 3.04. The Hall–Kier alpha value is -0.380. The van der Waals surface area contributed by atoms with E-state index in [0.29, 0.717) is 12.1 Å². The Balaban J connectivity index is 2.13. The summed E-state index contributed by atoms with van der Waals surface area (Å²) in [6.45, 7) is 6.95. The van der Waals surface area contributed by atoms with Gasteiger partial charge in [-0.05, 0) is 47.9 Å². The van der Waals surface area contributed by atoms with Crippen molar-refractivity contribution in [1.29, 1.82) is 0 Å². The van der Waals surface area contributed by atoms with Gasteiger partial charge in [0.2, 0.25) is 0 Å². The summed E-state index contributed by atoms with van der Waals surface area (Å²) in [5.74, 6) is 0. The third-order valence-electron chi connectivity index (χ3n) is 4.05. The quantitative estimate of drug-likeness (QED) is 0.881. The maximum atomic E-state index is 9.26. The van der Waals surface area contributed by atoms with E-state index in [1.54, 1.807) is 0 Å². The van der Waals surface area contributed by atoms with Gasteiger partial charge in [-0.2, -0.15) is 0 Å². The van der Waals surface area contributed by atoms with Gasteiger partial charge in [0, 0.05) is 23.2 Å². The topological polar surface area (TPSA) is 32.3 Å². The fraction of sp³-hybridized carbons (Fsp3) is 0.625. The highest BCUT2D eigenvalue weighted by Gasteiger charge is 2.30. The molecule has 2 nitrogen and oxygen atoms in total. The summed E-state index contributed by atoms with van der Waals surface area (Å²) < 4.78 is 1.16. The third-order valence-corrected chi connectivity index (χ3v) is 4.54. The molecule has 0 aromatic heterocycles. The Kier molecular flexibility index (Phi) is 4.70. The fourth-order valence-electron chi connectivity index (χ4n) is 2.90. The van der Waals surface area contributed by atoms with Gasteiger partial charge in [-0.25, -0.2) is 0 Å². The van der Waals surface area contributed by atoms with E-state index in [1.165, 1.54) is 11.1 Å². The van der Waals surface area contributed by atoms with Crippen LogP contribution in [0.3, 0.4) is 0 Å². The van der Waals surface area contributed by atoms with Gasteiger partial charge < -0.3 is 10.4 Å². The van der Waals surface area contributed by atoms with Crippen molar-refractivity contribution in [2.24, 2.45) is 5.41 Å². The molecule has 19 heavy (non-hydrogen) atoms. The van der Waals surface area contributed by atoms with Crippen molar-refractivity contribution in [1.82, 2.24) is 5.32 Å². The lowest BCUT2D eigenvalue weighted by molar-refractivity contribution is 0.185. The van der Waals surface area contributed by atoms with E-state index in [0.717, 1.165) is 23.7 Å².